The number of nitrogens with one attached hydrogen (secondary N) is 1. The molecule has 14 heavy (non-hydrogen) atoms. The van der Waals surface area contributed by atoms with Crippen molar-refractivity contribution in [3.05, 3.63) is 35.9 Å². The summed E-state index contributed by atoms with van der Waals surface area (Å²) in [7, 11) is 0. The maximum absolute atomic E-state index is 11.1. The van der Waals surface area contributed by atoms with Crippen molar-refractivity contribution in [2.45, 2.75) is 13.0 Å². The van der Waals surface area contributed by atoms with Gasteiger partial charge in [-0.25, -0.2) is 0 Å². The molecule has 0 radical (unpaired) electrons. The van der Waals surface area contributed by atoms with Gasteiger partial charge in [0.2, 0.25) is 11.0 Å². The van der Waals surface area contributed by atoms with Crippen LogP contribution in [0.4, 0.5) is 0 Å². The van der Waals surface area contributed by atoms with Gasteiger partial charge in [0.15, 0.2) is 0 Å². The number of hydrogen-bond donors (Lipinski definition) is 2. The molecule has 0 aliphatic heterocycles. The fourth-order valence-electron chi connectivity index (χ4n) is 1.14. The highest BCUT2D eigenvalue weighted by molar-refractivity contribution is 7.96. The van der Waals surface area contributed by atoms with Crippen LogP contribution in [0.2, 0.25) is 0 Å². The van der Waals surface area contributed by atoms with Gasteiger partial charge in [-0.3, -0.25) is 9.59 Å². The molecule has 1 amide bonds. The van der Waals surface area contributed by atoms with E-state index in [1.54, 1.807) is 24.3 Å². The number of carbonyl (C=O) groups is 2. The standard InChI is InChI=1S/C10H11NO2S/c1-7(12)11-9(10(13)14)8-5-3-2-4-6-8/h2-6,9H,1H3,(H,11,12)(H,13,14). The number of amides is 1. The maximum Gasteiger partial charge on any atom is 0.217 e. The monoisotopic (exact) mass is 209 g/mol. The van der Waals surface area contributed by atoms with Crippen molar-refractivity contribution in [2.24, 2.45) is 0 Å². The summed E-state index contributed by atoms with van der Waals surface area (Å²) in [4.78, 5) is 22.0. The molecule has 0 spiro atoms. The van der Waals surface area contributed by atoms with Gasteiger partial charge in [0.1, 0.15) is 6.04 Å². The Balaban J connectivity index is 2.89. The lowest BCUT2D eigenvalue weighted by Gasteiger charge is -2.13. The van der Waals surface area contributed by atoms with Gasteiger partial charge in [-0.2, -0.15) is 0 Å². The summed E-state index contributed by atoms with van der Waals surface area (Å²) in [6, 6.07) is 8.35. The van der Waals surface area contributed by atoms with E-state index in [0.29, 0.717) is 0 Å². The number of carbonyl (C=O) groups excluding carboxylic acids is 2. The molecule has 1 N–H and O–H groups in total. The molecule has 1 aromatic carbocycles. The molecule has 0 saturated carbocycles. The Morgan fingerprint density at radius 2 is 1.86 bits per heavy atom. The molecule has 4 heteroatoms. The van der Waals surface area contributed by atoms with Crippen LogP contribution in [0.15, 0.2) is 30.3 Å². The Hall–Kier alpha value is -1.29. The molecular formula is C10H11NO2S. The van der Waals surface area contributed by atoms with Gasteiger partial charge in [0, 0.05) is 6.92 Å². The zero-order chi connectivity index (χ0) is 10.6. The van der Waals surface area contributed by atoms with Gasteiger partial charge >= 0.3 is 0 Å². The summed E-state index contributed by atoms with van der Waals surface area (Å²) in [5, 5.41) is 2.16. The van der Waals surface area contributed by atoms with Crippen LogP contribution in [-0.4, -0.2) is 11.0 Å². The van der Waals surface area contributed by atoms with E-state index in [0.717, 1.165) is 5.56 Å². The van der Waals surface area contributed by atoms with E-state index < -0.39 is 6.04 Å². The molecule has 0 bridgehead atoms. The van der Waals surface area contributed by atoms with Crippen LogP contribution >= 0.6 is 12.6 Å². The predicted molar refractivity (Wildman–Crippen MR) is 57.0 cm³/mol. The Bertz CT molecular complexity index is 337. The molecule has 1 aromatic rings. The van der Waals surface area contributed by atoms with E-state index in [1.165, 1.54) is 6.92 Å². The van der Waals surface area contributed by atoms with E-state index in [2.05, 4.69) is 17.9 Å². The van der Waals surface area contributed by atoms with Crippen LogP contribution in [0.25, 0.3) is 0 Å². The first-order valence-corrected chi connectivity index (χ1v) is 4.61. The summed E-state index contributed by atoms with van der Waals surface area (Å²) in [6.07, 6.45) is 0. The molecule has 74 valence electrons. The second-order valence-electron chi connectivity index (χ2n) is 2.88. The van der Waals surface area contributed by atoms with Crippen LogP contribution in [-0.2, 0) is 9.59 Å². The van der Waals surface area contributed by atoms with E-state index in [1.807, 2.05) is 6.07 Å². The highest BCUT2D eigenvalue weighted by Gasteiger charge is 2.17. The number of rotatable bonds is 3. The summed E-state index contributed by atoms with van der Waals surface area (Å²) in [6.45, 7) is 1.37. The van der Waals surface area contributed by atoms with Crippen molar-refractivity contribution in [3.8, 4) is 0 Å². The fourth-order valence-corrected chi connectivity index (χ4v) is 1.35. The molecule has 3 nitrogen and oxygen atoms in total. The van der Waals surface area contributed by atoms with Gasteiger partial charge in [0.05, 0.1) is 0 Å². The molecule has 1 atom stereocenters. The molecule has 0 saturated heterocycles. The molecule has 0 aliphatic rings. The summed E-state index contributed by atoms with van der Waals surface area (Å²) < 4.78 is 0. The maximum atomic E-state index is 11.1. The van der Waals surface area contributed by atoms with Crippen molar-refractivity contribution in [1.29, 1.82) is 0 Å². The van der Waals surface area contributed by atoms with E-state index in [-0.39, 0.29) is 11.0 Å². The normalized spacial score (nSPS) is 11.9. The minimum absolute atomic E-state index is 0.249. The first-order chi connectivity index (χ1) is 6.61. The second-order valence-corrected chi connectivity index (χ2v) is 3.32. The lowest BCUT2D eigenvalue weighted by atomic mass is 10.1. The van der Waals surface area contributed by atoms with Crippen LogP contribution < -0.4 is 5.32 Å². The van der Waals surface area contributed by atoms with E-state index >= 15 is 0 Å². The molecule has 0 aliphatic carbocycles. The highest BCUT2D eigenvalue weighted by atomic mass is 32.1. The third kappa shape index (κ3) is 2.88. The minimum atomic E-state index is -0.656. The van der Waals surface area contributed by atoms with E-state index in [4.69, 9.17) is 0 Å². The van der Waals surface area contributed by atoms with Crippen LogP contribution in [0, 0.1) is 0 Å². The summed E-state index contributed by atoms with van der Waals surface area (Å²) in [5.41, 5.74) is 0.739. The zero-order valence-corrected chi connectivity index (χ0v) is 8.62. The Labute approximate surface area is 87.9 Å². The fraction of sp³-hybridized carbons (Fsp3) is 0.200. The molecule has 1 rings (SSSR count). The first-order valence-electron chi connectivity index (χ1n) is 4.16. The predicted octanol–water partition coefficient (Wildman–Crippen LogP) is 1.32. The second kappa shape index (κ2) is 4.81. The van der Waals surface area contributed by atoms with Gasteiger partial charge in [-0.1, -0.05) is 30.3 Å². The van der Waals surface area contributed by atoms with Crippen molar-refractivity contribution >= 4 is 23.7 Å². The zero-order valence-electron chi connectivity index (χ0n) is 7.73. The first kappa shape index (κ1) is 10.8. The Morgan fingerprint density at radius 3 is 2.29 bits per heavy atom. The molecular weight excluding hydrogens is 198 g/mol. The average molecular weight is 209 g/mol. The third-order valence-corrected chi connectivity index (χ3v) is 1.99. The van der Waals surface area contributed by atoms with E-state index in [9.17, 15) is 9.59 Å². The van der Waals surface area contributed by atoms with Gasteiger partial charge in [0.25, 0.3) is 0 Å². The van der Waals surface area contributed by atoms with Gasteiger partial charge in [-0.05, 0) is 5.56 Å². The Kier molecular flexibility index (Phi) is 3.71. The smallest absolute Gasteiger partial charge is 0.217 e. The SMILES string of the molecule is CC(=O)NC(C(=O)S)c1ccccc1. The largest absolute Gasteiger partial charge is 0.342 e. The molecule has 1 unspecified atom stereocenters. The summed E-state index contributed by atoms with van der Waals surface area (Å²) >= 11 is 3.73. The Morgan fingerprint density at radius 1 is 1.29 bits per heavy atom. The molecule has 0 heterocycles. The van der Waals surface area contributed by atoms with Crippen LogP contribution in [0.1, 0.15) is 18.5 Å². The molecule has 0 aromatic heterocycles. The average Bonchev–Trinajstić information content (AvgIpc) is 2.15. The lowest BCUT2D eigenvalue weighted by Crippen LogP contribution is -2.29. The minimum Gasteiger partial charge on any atom is -0.342 e. The van der Waals surface area contributed by atoms with Crippen LogP contribution in [0.5, 0.6) is 0 Å². The van der Waals surface area contributed by atoms with Crippen LogP contribution in [0.3, 0.4) is 0 Å². The van der Waals surface area contributed by atoms with Crippen molar-refractivity contribution < 1.29 is 9.59 Å². The third-order valence-electron chi connectivity index (χ3n) is 1.73. The topological polar surface area (TPSA) is 46.2 Å². The van der Waals surface area contributed by atoms with Gasteiger partial charge < -0.3 is 5.32 Å². The van der Waals surface area contributed by atoms with Crippen molar-refractivity contribution in [3.63, 3.8) is 0 Å². The number of benzene rings is 1. The van der Waals surface area contributed by atoms with Crippen molar-refractivity contribution in [2.75, 3.05) is 0 Å². The van der Waals surface area contributed by atoms with Gasteiger partial charge in [-0.15, -0.1) is 12.6 Å². The number of thiol groups is 1. The number of hydrogen-bond acceptors (Lipinski definition) is 2. The summed E-state index contributed by atoms with van der Waals surface area (Å²) in [5.74, 6) is -0.249. The lowest BCUT2D eigenvalue weighted by molar-refractivity contribution is -0.123. The van der Waals surface area contributed by atoms with Crippen molar-refractivity contribution in [1.82, 2.24) is 5.32 Å². The highest BCUT2D eigenvalue weighted by Crippen LogP contribution is 2.14. The quantitative estimate of drug-likeness (QED) is 0.737. The molecule has 0 fully saturated rings.